The zero-order valence-corrected chi connectivity index (χ0v) is 13.3. The van der Waals surface area contributed by atoms with Crippen molar-refractivity contribution >= 4 is 22.5 Å². The number of aromatic amines is 1. The molecule has 2 aromatic rings. The van der Waals surface area contributed by atoms with Gasteiger partial charge in [0, 0.05) is 33.3 Å². The highest BCUT2D eigenvalue weighted by Gasteiger charge is 2.12. The quantitative estimate of drug-likeness (QED) is 0.581. The molecule has 0 aliphatic heterocycles. The van der Waals surface area contributed by atoms with E-state index in [-0.39, 0.29) is 18.2 Å². The molecule has 0 fully saturated rings. The molecule has 23 heavy (non-hydrogen) atoms. The van der Waals surface area contributed by atoms with Gasteiger partial charge in [0.25, 0.3) is 5.56 Å². The van der Waals surface area contributed by atoms with Gasteiger partial charge in [-0.1, -0.05) is 11.6 Å². The highest BCUT2D eigenvalue weighted by molar-refractivity contribution is 6.31. The molecule has 6 heteroatoms. The van der Waals surface area contributed by atoms with Crippen molar-refractivity contribution in [1.29, 1.82) is 5.26 Å². The van der Waals surface area contributed by atoms with E-state index in [0.717, 1.165) is 5.39 Å². The summed E-state index contributed by atoms with van der Waals surface area (Å²) in [5, 5.41) is 22.3. The van der Waals surface area contributed by atoms with Gasteiger partial charge in [-0.05, 0) is 43.3 Å². The van der Waals surface area contributed by atoms with Gasteiger partial charge in [0.15, 0.2) is 0 Å². The molecule has 0 aliphatic carbocycles. The van der Waals surface area contributed by atoms with Crippen LogP contribution in [-0.2, 0) is 0 Å². The summed E-state index contributed by atoms with van der Waals surface area (Å²) in [6.07, 6.45) is 4.41. The lowest BCUT2D eigenvalue weighted by molar-refractivity contribution is 0.317. The van der Waals surface area contributed by atoms with Crippen LogP contribution in [0.25, 0.3) is 10.9 Å². The van der Waals surface area contributed by atoms with Gasteiger partial charge in [-0.15, -0.1) is 0 Å². The van der Waals surface area contributed by atoms with E-state index in [1.807, 2.05) is 13.0 Å². The lowest BCUT2D eigenvalue weighted by atomic mass is 10.1. The fourth-order valence-corrected chi connectivity index (χ4v) is 2.41. The largest absolute Gasteiger partial charge is 0.390 e. The van der Waals surface area contributed by atoms with E-state index < -0.39 is 0 Å². The van der Waals surface area contributed by atoms with Crippen LogP contribution in [-0.4, -0.2) is 16.7 Å². The van der Waals surface area contributed by atoms with Crippen LogP contribution < -0.4 is 10.9 Å². The molecule has 0 saturated heterocycles. The van der Waals surface area contributed by atoms with Gasteiger partial charge < -0.3 is 15.4 Å². The summed E-state index contributed by atoms with van der Waals surface area (Å²) in [4.78, 5) is 15.0. The number of hydrogen-bond acceptors (Lipinski definition) is 4. The molecule has 0 aliphatic rings. The van der Waals surface area contributed by atoms with Crippen molar-refractivity contribution in [1.82, 2.24) is 10.3 Å². The topological polar surface area (TPSA) is 88.9 Å². The number of hydrogen-bond donors (Lipinski definition) is 3. The first-order valence-electron chi connectivity index (χ1n) is 7.00. The van der Waals surface area contributed by atoms with E-state index in [2.05, 4.69) is 10.3 Å². The monoisotopic (exact) mass is 329 g/mol. The number of allylic oxidation sites excluding steroid dienone is 3. The summed E-state index contributed by atoms with van der Waals surface area (Å²) < 4.78 is 0. The summed E-state index contributed by atoms with van der Waals surface area (Å²) in [6, 6.07) is 8.57. The minimum absolute atomic E-state index is 0.204. The molecule has 5 nitrogen and oxygen atoms in total. The van der Waals surface area contributed by atoms with Gasteiger partial charge in [-0.3, -0.25) is 4.79 Å². The highest BCUT2D eigenvalue weighted by atomic mass is 35.5. The maximum atomic E-state index is 12.2. The average Bonchev–Trinajstić information content (AvgIpc) is 2.53. The minimum atomic E-state index is -0.323. The molecular weight excluding hydrogens is 314 g/mol. The van der Waals surface area contributed by atoms with E-state index in [1.165, 1.54) is 12.2 Å². The zero-order chi connectivity index (χ0) is 16.8. The molecule has 0 spiro atoms. The number of nitrogens with one attached hydrogen (secondary N) is 2. The van der Waals surface area contributed by atoms with Crippen LogP contribution in [0.2, 0.25) is 5.02 Å². The Balaban J connectivity index is 2.33. The van der Waals surface area contributed by atoms with Crippen LogP contribution in [0.4, 0.5) is 0 Å². The summed E-state index contributed by atoms with van der Waals surface area (Å²) in [6.45, 7) is 1.59. The predicted molar refractivity (Wildman–Crippen MR) is 91.1 cm³/mol. The van der Waals surface area contributed by atoms with Crippen molar-refractivity contribution in [2.75, 3.05) is 6.61 Å². The Hall–Kier alpha value is -2.55. The molecule has 0 bridgehead atoms. The summed E-state index contributed by atoms with van der Waals surface area (Å²) in [5.41, 5.74) is 1.55. The summed E-state index contributed by atoms with van der Waals surface area (Å²) in [5.74, 6) is 0. The van der Waals surface area contributed by atoms with E-state index >= 15 is 0 Å². The van der Waals surface area contributed by atoms with Gasteiger partial charge in [-0.2, -0.15) is 5.26 Å². The second kappa shape index (κ2) is 7.63. The Labute approximate surface area is 138 Å². The summed E-state index contributed by atoms with van der Waals surface area (Å²) >= 11 is 5.98. The number of aliphatic hydroxyl groups is 1. The third kappa shape index (κ3) is 4.22. The molecule has 1 aromatic carbocycles. The number of aliphatic hydroxyl groups excluding tert-OH is 1. The van der Waals surface area contributed by atoms with Gasteiger partial charge in [0.1, 0.15) is 0 Å². The van der Waals surface area contributed by atoms with Crippen LogP contribution in [0.5, 0.6) is 0 Å². The van der Waals surface area contributed by atoms with Crippen molar-refractivity contribution < 1.29 is 5.11 Å². The number of aromatic nitrogens is 1. The normalized spacial score (nSPS) is 13.2. The molecule has 1 heterocycles. The van der Waals surface area contributed by atoms with Gasteiger partial charge in [-0.25, -0.2) is 0 Å². The number of nitriles is 1. The fraction of sp³-hybridized carbons (Fsp3) is 0.176. The predicted octanol–water partition coefficient (Wildman–Crippen LogP) is 2.79. The molecule has 3 N–H and O–H groups in total. The van der Waals surface area contributed by atoms with Crippen LogP contribution in [0.3, 0.4) is 0 Å². The maximum Gasteiger partial charge on any atom is 0.253 e. The van der Waals surface area contributed by atoms with Crippen LogP contribution >= 0.6 is 11.6 Å². The molecule has 0 unspecified atom stereocenters. The number of benzene rings is 1. The molecule has 0 saturated carbocycles. The first-order valence-corrected chi connectivity index (χ1v) is 7.38. The van der Waals surface area contributed by atoms with Gasteiger partial charge in [0.2, 0.25) is 0 Å². The van der Waals surface area contributed by atoms with Crippen LogP contribution in [0.1, 0.15) is 18.5 Å². The SMILES string of the molecule is C[C@H](N/C(=C/C=C/C#N)CO)c1cc2cc(Cl)ccc2[nH]c1=O. The Bertz CT molecular complexity index is 862. The van der Waals surface area contributed by atoms with E-state index in [4.69, 9.17) is 16.9 Å². The average molecular weight is 330 g/mol. The standard InChI is InChI=1S/C17H16ClN3O2/c1-11(20-14(10-22)4-2-3-7-19)15-9-12-8-13(18)5-6-16(12)21-17(15)23/h2-6,8-9,11,20,22H,10H2,1H3,(H,21,23)/b3-2+,14-4+/t11-/m0/s1. The number of halogens is 1. The van der Waals surface area contributed by atoms with Crippen molar-refractivity contribution in [3.63, 3.8) is 0 Å². The number of pyridine rings is 1. The third-order valence-corrected chi connectivity index (χ3v) is 3.58. The smallest absolute Gasteiger partial charge is 0.253 e. The lowest BCUT2D eigenvalue weighted by Gasteiger charge is -2.16. The second-order valence-electron chi connectivity index (χ2n) is 4.99. The van der Waals surface area contributed by atoms with Crippen molar-refractivity contribution in [2.45, 2.75) is 13.0 Å². The van der Waals surface area contributed by atoms with Crippen LogP contribution in [0, 0.1) is 11.3 Å². The Morgan fingerprint density at radius 2 is 2.30 bits per heavy atom. The maximum absolute atomic E-state index is 12.2. The third-order valence-electron chi connectivity index (χ3n) is 3.34. The molecule has 0 radical (unpaired) electrons. The van der Waals surface area contributed by atoms with Crippen molar-refractivity contribution in [3.8, 4) is 6.07 Å². The number of fused-ring (bicyclic) bond motifs is 1. The van der Waals surface area contributed by atoms with Gasteiger partial charge >= 0.3 is 0 Å². The number of H-pyrrole nitrogens is 1. The minimum Gasteiger partial charge on any atom is -0.390 e. The Morgan fingerprint density at radius 3 is 3.00 bits per heavy atom. The Kier molecular flexibility index (Phi) is 5.58. The van der Waals surface area contributed by atoms with Crippen molar-refractivity contribution in [3.05, 3.63) is 69.1 Å². The van der Waals surface area contributed by atoms with Crippen molar-refractivity contribution in [2.24, 2.45) is 0 Å². The molecular formula is C17H16ClN3O2. The molecule has 0 amide bonds. The lowest BCUT2D eigenvalue weighted by Crippen LogP contribution is -2.26. The van der Waals surface area contributed by atoms with E-state index in [0.29, 0.717) is 21.8 Å². The van der Waals surface area contributed by atoms with E-state index in [1.54, 1.807) is 30.3 Å². The highest BCUT2D eigenvalue weighted by Crippen LogP contribution is 2.19. The van der Waals surface area contributed by atoms with Gasteiger partial charge in [0.05, 0.1) is 18.7 Å². The molecule has 2 rings (SSSR count). The first kappa shape index (κ1) is 16.8. The zero-order valence-electron chi connectivity index (χ0n) is 12.5. The summed E-state index contributed by atoms with van der Waals surface area (Å²) in [7, 11) is 0. The fourth-order valence-electron chi connectivity index (χ4n) is 2.23. The second-order valence-corrected chi connectivity index (χ2v) is 5.43. The number of rotatable bonds is 5. The number of nitrogens with zero attached hydrogens (tertiary/aromatic N) is 1. The van der Waals surface area contributed by atoms with Crippen LogP contribution in [0.15, 0.2) is 53.0 Å². The first-order chi connectivity index (χ1) is 11.0. The molecule has 1 aromatic heterocycles. The van der Waals surface area contributed by atoms with E-state index in [9.17, 15) is 9.90 Å². The molecule has 1 atom stereocenters. The Morgan fingerprint density at radius 1 is 1.52 bits per heavy atom. The molecule has 118 valence electrons.